The lowest BCUT2D eigenvalue weighted by Gasteiger charge is -2.15. The number of rotatable bonds is 7. The molecule has 0 N–H and O–H groups in total. The monoisotopic (exact) mass is 576 g/mol. The van der Waals surface area contributed by atoms with Crippen molar-refractivity contribution in [1.82, 2.24) is 5.01 Å². The number of amides is 2. The molecule has 8 heteroatoms. The van der Waals surface area contributed by atoms with Crippen LogP contribution >= 0.6 is 34.2 Å². The van der Waals surface area contributed by atoms with Gasteiger partial charge in [0.05, 0.1) is 28.2 Å². The van der Waals surface area contributed by atoms with Gasteiger partial charge in [0, 0.05) is 5.02 Å². The molecule has 4 atom stereocenters. The molecule has 33 heavy (non-hydrogen) atoms. The van der Waals surface area contributed by atoms with Crippen LogP contribution in [0.1, 0.15) is 24.5 Å². The van der Waals surface area contributed by atoms with Gasteiger partial charge in [-0.2, -0.15) is 10.1 Å². The van der Waals surface area contributed by atoms with Crippen LogP contribution in [0.15, 0.2) is 53.7 Å². The normalized spacial score (nSPS) is 25.4. The molecular formula is C25H22ClIN2O4. The van der Waals surface area contributed by atoms with Gasteiger partial charge in [-0.1, -0.05) is 35.9 Å². The van der Waals surface area contributed by atoms with Crippen molar-refractivity contribution in [3.8, 4) is 11.5 Å². The van der Waals surface area contributed by atoms with Crippen molar-refractivity contribution < 1.29 is 19.1 Å². The molecule has 1 heterocycles. The molecule has 2 aliphatic carbocycles. The number of fused-ring (bicyclic) bond motifs is 5. The van der Waals surface area contributed by atoms with Gasteiger partial charge < -0.3 is 9.47 Å². The molecule has 2 aromatic rings. The molecule has 5 rings (SSSR count). The zero-order valence-electron chi connectivity index (χ0n) is 17.9. The van der Waals surface area contributed by atoms with E-state index in [0.717, 1.165) is 26.1 Å². The predicted molar refractivity (Wildman–Crippen MR) is 133 cm³/mol. The van der Waals surface area contributed by atoms with Crippen LogP contribution < -0.4 is 9.47 Å². The highest BCUT2D eigenvalue weighted by atomic mass is 127. The number of imide groups is 1. The Bertz CT molecular complexity index is 1130. The second kappa shape index (κ2) is 9.10. The number of ether oxygens (including phenoxy) is 2. The number of allylic oxidation sites excluding steroid dienone is 2. The van der Waals surface area contributed by atoms with Crippen molar-refractivity contribution in [1.29, 1.82) is 0 Å². The van der Waals surface area contributed by atoms with Gasteiger partial charge in [0.15, 0.2) is 11.5 Å². The van der Waals surface area contributed by atoms with Crippen LogP contribution in [0.25, 0.3) is 0 Å². The quantitative estimate of drug-likeness (QED) is 0.200. The first kappa shape index (κ1) is 22.4. The summed E-state index contributed by atoms with van der Waals surface area (Å²) in [4.78, 5) is 25.7. The van der Waals surface area contributed by atoms with E-state index in [1.165, 1.54) is 0 Å². The highest BCUT2D eigenvalue weighted by Gasteiger charge is 2.59. The molecule has 3 aliphatic rings. The van der Waals surface area contributed by atoms with E-state index in [2.05, 4.69) is 39.8 Å². The summed E-state index contributed by atoms with van der Waals surface area (Å²) in [5.41, 5.74) is 1.71. The van der Waals surface area contributed by atoms with Gasteiger partial charge >= 0.3 is 0 Å². The molecule has 2 fully saturated rings. The van der Waals surface area contributed by atoms with Crippen LogP contribution in [-0.4, -0.2) is 29.6 Å². The fourth-order valence-electron chi connectivity index (χ4n) is 4.93. The van der Waals surface area contributed by atoms with Gasteiger partial charge in [0.25, 0.3) is 11.8 Å². The van der Waals surface area contributed by atoms with E-state index < -0.39 is 0 Å². The minimum Gasteiger partial charge on any atom is -0.490 e. The third-order valence-corrected chi connectivity index (χ3v) is 7.45. The number of benzene rings is 2. The molecule has 0 radical (unpaired) electrons. The largest absolute Gasteiger partial charge is 0.490 e. The van der Waals surface area contributed by atoms with E-state index in [1.54, 1.807) is 6.21 Å². The van der Waals surface area contributed by atoms with E-state index >= 15 is 0 Å². The standard InChI is InChI=1S/C25H22ClIN2O4/c1-2-32-20-10-15(9-19(27)23(20)33-13-14-3-7-18(26)8-4-14)12-28-29-24(30)21-16-5-6-17(11-16)22(21)25(29)31/h3-10,12,16-17,21-22H,2,11,13H2,1H3/b28-12-/t16-,17-,21-,22-/m0/s1. The Balaban J connectivity index is 1.34. The minimum absolute atomic E-state index is 0.166. The third-order valence-electron chi connectivity index (χ3n) is 6.40. The molecule has 170 valence electrons. The summed E-state index contributed by atoms with van der Waals surface area (Å²) in [5.74, 6) is 0.646. The number of carbonyl (C=O) groups is 2. The Labute approximate surface area is 210 Å². The van der Waals surface area contributed by atoms with Gasteiger partial charge in [0.1, 0.15) is 6.61 Å². The third kappa shape index (κ3) is 4.17. The Kier molecular flexibility index (Phi) is 6.18. The summed E-state index contributed by atoms with van der Waals surface area (Å²) in [7, 11) is 0. The Morgan fingerprint density at radius 3 is 2.39 bits per heavy atom. The fraction of sp³-hybridized carbons (Fsp3) is 0.320. The zero-order valence-corrected chi connectivity index (χ0v) is 20.8. The van der Waals surface area contributed by atoms with Crippen molar-refractivity contribution in [3.05, 3.63) is 68.3 Å². The Morgan fingerprint density at radius 1 is 1.09 bits per heavy atom. The highest BCUT2D eigenvalue weighted by molar-refractivity contribution is 14.1. The molecule has 0 spiro atoms. The van der Waals surface area contributed by atoms with E-state index in [-0.39, 0.29) is 35.5 Å². The zero-order chi connectivity index (χ0) is 23.1. The minimum atomic E-state index is -0.257. The molecule has 2 aromatic carbocycles. The summed E-state index contributed by atoms with van der Waals surface area (Å²) >= 11 is 8.14. The topological polar surface area (TPSA) is 68.2 Å². The Morgan fingerprint density at radius 2 is 1.76 bits per heavy atom. The molecule has 1 aliphatic heterocycles. The number of hydrogen-bond acceptors (Lipinski definition) is 5. The van der Waals surface area contributed by atoms with Crippen LogP contribution in [-0.2, 0) is 16.2 Å². The van der Waals surface area contributed by atoms with Crippen LogP contribution in [0.4, 0.5) is 0 Å². The van der Waals surface area contributed by atoms with Crippen molar-refractivity contribution in [3.63, 3.8) is 0 Å². The SMILES string of the molecule is CCOc1cc(/C=N\N2C(=O)[C@@H]3[C@@H](C2=O)[C@H]2C=C[C@H]3C2)cc(I)c1OCc1ccc(Cl)cc1. The maximum atomic E-state index is 12.8. The van der Waals surface area contributed by atoms with Crippen LogP contribution in [0.2, 0.25) is 5.02 Å². The molecule has 1 saturated heterocycles. The fourth-order valence-corrected chi connectivity index (χ4v) is 5.83. The smallest absolute Gasteiger partial charge is 0.254 e. The average molecular weight is 577 g/mol. The van der Waals surface area contributed by atoms with Crippen molar-refractivity contribution in [2.75, 3.05) is 6.61 Å². The average Bonchev–Trinajstić information content (AvgIpc) is 3.47. The molecule has 0 unspecified atom stereocenters. The van der Waals surface area contributed by atoms with Crippen molar-refractivity contribution in [2.24, 2.45) is 28.8 Å². The van der Waals surface area contributed by atoms with Crippen LogP contribution in [0, 0.1) is 27.2 Å². The van der Waals surface area contributed by atoms with Crippen LogP contribution in [0.5, 0.6) is 11.5 Å². The lowest BCUT2D eigenvalue weighted by molar-refractivity contribution is -0.140. The first-order valence-electron chi connectivity index (χ1n) is 10.9. The maximum Gasteiger partial charge on any atom is 0.254 e. The summed E-state index contributed by atoms with van der Waals surface area (Å²) in [5, 5.41) is 6.01. The number of hydrogen-bond donors (Lipinski definition) is 0. The summed E-state index contributed by atoms with van der Waals surface area (Å²) in [6.07, 6.45) is 6.59. The van der Waals surface area contributed by atoms with Gasteiger partial charge in [-0.15, -0.1) is 0 Å². The lowest BCUT2D eigenvalue weighted by Crippen LogP contribution is -2.28. The van der Waals surface area contributed by atoms with E-state index in [4.69, 9.17) is 21.1 Å². The number of carbonyl (C=O) groups excluding carboxylic acids is 2. The Hall–Kier alpha value is -2.39. The van der Waals surface area contributed by atoms with Crippen LogP contribution in [0.3, 0.4) is 0 Å². The van der Waals surface area contributed by atoms with E-state index in [1.807, 2.05) is 43.3 Å². The first-order chi connectivity index (χ1) is 16.0. The predicted octanol–water partition coefficient (Wildman–Crippen LogP) is 5.06. The van der Waals surface area contributed by atoms with E-state index in [9.17, 15) is 9.59 Å². The van der Waals surface area contributed by atoms with Gasteiger partial charge in [-0.05, 0) is 83.2 Å². The maximum absolute atomic E-state index is 12.8. The van der Waals surface area contributed by atoms with Gasteiger partial charge in [-0.3, -0.25) is 9.59 Å². The number of hydrazone groups is 1. The van der Waals surface area contributed by atoms with Crippen molar-refractivity contribution in [2.45, 2.75) is 20.0 Å². The lowest BCUT2D eigenvalue weighted by atomic mass is 9.85. The van der Waals surface area contributed by atoms with E-state index in [0.29, 0.717) is 29.7 Å². The second-order valence-corrected chi connectivity index (χ2v) is 10.0. The highest BCUT2D eigenvalue weighted by Crippen LogP contribution is 2.52. The number of halogens is 2. The summed E-state index contributed by atoms with van der Waals surface area (Å²) < 4.78 is 12.7. The molecule has 6 nitrogen and oxygen atoms in total. The van der Waals surface area contributed by atoms with Crippen molar-refractivity contribution >= 4 is 52.2 Å². The molecule has 0 aromatic heterocycles. The first-order valence-corrected chi connectivity index (χ1v) is 12.4. The summed E-state index contributed by atoms with van der Waals surface area (Å²) in [6, 6.07) is 11.2. The summed E-state index contributed by atoms with van der Waals surface area (Å²) in [6.45, 7) is 2.74. The molecular weight excluding hydrogens is 555 g/mol. The number of nitrogens with zero attached hydrogens (tertiary/aromatic N) is 2. The molecule has 1 saturated carbocycles. The molecule has 2 amide bonds. The van der Waals surface area contributed by atoms with Gasteiger partial charge in [-0.25, -0.2) is 0 Å². The van der Waals surface area contributed by atoms with Gasteiger partial charge in [0.2, 0.25) is 0 Å². The second-order valence-electron chi connectivity index (χ2n) is 8.41. The molecule has 2 bridgehead atoms.